The van der Waals surface area contributed by atoms with E-state index in [2.05, 4.69) is 10.3 Å². The van der Waals surface area contributed by atoms with E-state index < -0.39 is 5.95 Å². The Morgan fingerprint density at radius 1 is 1.62 bits per heavy atom. The molecule has 0 aromatic carbocycles. The molecule has 0 radical (unpaired) electrons. The maximum atomic E-state index is 12.7. The summed E-state index contributed by atoms with van der Waals surface area (Å²) in [5, 5.41) is 2.98. The van der Waals surface area contributed by atoms with Crippen LogP contribution in [0.2, 0.25) is 0 Å². The smallest absolute Gasteiger partial charge is 0.213 e. The Labute approximate surface area is 77.5 Å². The van der Waals surface area contributed by atoms with E-state index in [0.29, 0.717) is 0 Å². The first kappa shape index (κ1) is 9.86. The van der Waals surface area contributed by atoms with Gasteiger partial charge >= 0.3 is 0 Å². The number of rotatable bonds is 3. The SMILES string of the molecule is CNCC=Cc1cc(F)ncc1C. The average molecular weight is 180 g/mol. The van der Waals surface area contributed by atoms with Crippen LogP contribution < -0.4 is 5.32 Å². The fraction of sp³-hybridized carbons (Fsp3) is 0.300. The average Bonchev–Trinajstić information content (AvgIpc) is 2.11. The molecule has 0 spiro atoms. The third-order valence-electron chi connectivity index (χ3n) is 1.73. The molecule has 2 nitrogen and oxygen atoms in total. The lowest BCUT2D eigenvalue weighted by Crippen LogP contribution is -2.03. The van der Waals surface area contributed by atoms with E-state index in [9.17, 15) is 4.39 Å². The maximum Gasteiger partial charge on any atom is 0.213 e. The van der Waals surface area contributed by atoms with Crippen LogP contribution in [0.5, 0.6) is 0 Å². The lowest BCUT2D eigenvalue weighted by atomic mass is 10.1. The summed E-state index contributed by atoms with van der Waals surface area (Å²) in [6.07, 6.45) is 5.37. The minimum absolute atomic E-state index is 0.435. The molecule has 1 aromatic heterocycles. The van der Waals surface area contributed by atoms with Gasteiger partial charge in [0.05, 0.1) is 0 Å². The Hall–Kier alpha value is -1.22. The van der Waals surface area contributed by atoms with E-state index >= 15 is 0 Å². The third-order valence-corrected chi connectivity index (χ3v) is 1.73. The van der Waals surface area contributed by atoms with Crippen LogP contribution in [-0.2, 0) is 0 Å². The van der Waals surface area contributed by atoms with E-state index in [1.807, 2.05) is 26.1 Å². The molecule has 0 unspecified atom stereocenters. The minimum atomic E-state index is -0.435. The maximum absolute atomic E-state index is 12.7. The Morgan fingerprint density at radius 2 is 2.38 bits per heavy atom. The Balaban J connectivity index is 2.81. The first-order chi connectivity index (χ1) is 6.24. The van der Waals surface area contributed by atoms with Gasteiger partial charge in [-0.05, 0) is 25.1 Å². The number of likely N-dealkylation sites (N-methyl/N-ethyl adjacent to an activating group) is 1. The zero-order valence-corrected chi connectivity index (χ0v) is 7.84. The van der Waals surface area contributed by atoms with Crippen molar-refractivity contribution in [2.24, 2.45) is 0 Å². The van der Waals surface area contributed by atoms with Gasteiger partial charge in [0.25, 0.3) is 0 Å². The topological polar surface area (TPSA) is 24.9 Å². The molecule has 0 saturated carbocycles. The fourth-order valence-electron chi connectivity index (χ4n) is 0.996. The second-order valence-electron chi connectivity index (χ2n) is 2.82. The van der Waals surface area contributed by atoms with Crippen molar-refractivity contribution in [2.75, 3.05) is 13.6 Å². The van der Waals surface area contributed by atoms with Crippen molar-refractivity contribution >= 4 is 6.08 Å². The molecular weight excluding hydrogens is 167 g/mol. The molecule has 3 heteroatoms. The van der Waals surface area contributed by atoms with Gasteiger partial charge in [-0.15, -0.1) is 0 Å². The second-order valence-corrected chi connectivity index (χ2v) is 2.82. The molecule has 1 N–H and O–H groups in total. The number of nitrogens with zero attached hydrogens (tertiary/aromatic N) is 1. The van der Waals surface area contributed by atoms with Crippen molar-refractivity contribution < 1.29 is 4.39 Å². The molecule has 0 aliphatic heterocycles. The highest BCUT2D eigenvalue weighted by Crippen LogP contribution is 2.09. The van der Waals surface area contributed by atoms with Gasteiger partial charge < -0.3 is 5.32 Å². The summed E-state index contributed by atoms with van der Waals surface area (Å²) in [6.45, 7) is 2.69. The Bertz CT molecular complexity index is 308. The number of nitrogens with one attached hydrogen (secondary N) is 1. The fourth-order valence-corrected chi connectivity index (χ4v) is 0.996. The molecule has 0 aliphatic rings. The summed E-state index contributed by atoms with van der Waals surface area (Å²) in [5.41, 5.74) is 1.86. The standard InChI is InChI=1S/C10H13FN2/c1-8-7-13-10(11)6-9(8)4-3-5-12-2/h3-4,6-7,12H,5H2,1-2H3. The molecule has 0 amide bonds. The zero-order chi connectivity index (χ0) is 9.68. The number of hydrogen-bond acceptors (Lipinski definition) is 2. The number of pyridine rings is 1. The van der Waals surface area contributed by atoms with Gasteiger partial charge in [-0.1, -0.05) is 12.2 Å². The molecule has 13 heavy (non-hydrogen) atoms. The molecular formula is C10H13FN2. The number of hydrogen-bond donors (Lipinski definition) is 1. The van der Waals surface area contributed by atoms with Gasteiger partial charge in [0.1, 0.15) is 0 Å². The molecule has 0 aliphatic carbocycles. The molecule has 0 fully saturated rings. The predicted octanol–water partition coefficient (Wildman–Crippen LogP) is 1.76. The minimum Gasteiger partial charge on any atom is -0.316 e. The zero-order valence-electron chi connectivity index (χ0n) is 7.84. The van der Waals surface area contributed by atoms with Crippen LogP contribution in [-0.4, -0.2) is 18.6 Å². The van der Waals surface area contributed by atoms with Gasteiger partial charge in [-0.2, -0.15) is 4.39 Å². The molecule has 0 atom stereocenters. The van der Waals surface area contributed by atoms with Gasteiger partial charge in [0.15, 0.2) is 0 Å². The summed E-state index contributed by atoms with van der Waals surface area (Å²) < 4.78 is 12.7. The van der Waals surface area contributed by atoms with Crippen LogP contribution in [0.3, 0.4) is 0 Å². The van der Waals surface area contributed by atoms with Crippen LogP contribution in [0.1, 0.15) is 11.1 Å². The van der Waals surface area contributed by atoms with Crippen molar-refractivity contribution in [3.05, 3.63) is 35.4 Å². The van der Waals surface area contributed by atoms with E-state index in [-0.39, 0.29) is 0 Å². The van der Waals surface area contributed by atoms with Crippen molar-refractivity contribution in [2.45, 2.75) is 6.92 Å². The summed E-state index contributed by atoms with van der Waals surface area (Å²) >= 11 is 0. The van der Waals surface area contributed by atoms with Crippen LogP contribution >= 0.6 is 0 Å². The molecule has 1 aromatic rings. The summed E-state index contributed by atoms with van der Waals surface area (Å²) in [6, 6.07) is 1.43. The number of aromatic nitrogens is 1. The van der Waals surface area contributed by atoms with Crippen molar-refractivity contribution in [1.82, 2.24) is 10.3 Å². The van der Waals surface area contributed by atoms with E-state index in [1.165, 1.54) is 12.3 Å². The first-order valence-electron chi connectivity index (χ1n) is 4.17. The quantitative estimate of drug-likeness (QED) is 0.717. The lowest BCUT2D eigenvalue weighted by Gasteiger charge is -1.98. The van der Waals surface area contributed by atoms with Crippen LogP contribution in [0, 0.1) is 12.9 Å². The van der Waals surface area contributed by atoms with Gasteiger partial charge in [-0.25, -0.2) is 4.98 Å². The largest absolute Gasteiger partial charge is 0.316 e. The Morgan fingerprint density at radius 3 is 3.08 bits per heavy atom. The van der Waals surface area contributed by atoms with Crippen LogP contribution in [0.15, 0.2) is 18.3 Å². The first-order valence-corrected chi connectivity index (χ1v) is 4.17. The summed E-state index contributed by atoms with van der Waals surface area (Å²) in [7, 11) is 1.87. The van der Waals surface area contributed by atoms with E-state index in [4.69, 9.17) is 0 Å². The van der Waals surface area contributed by atoms with E-state index in [0.717, 1.165) is 17.7 Å². The van der Waals surface area contributed by atoms with Gasteiger partial charge in [0, 0.05) is 18.8 Å². The normalized spacial score (nSPS) is 11.0. The molecule has 0 bridgehead atoms. The van der Waals surface area contributed by atoms with Gasteiger partial charge in [0.2, 0.25) is 5.95 Å². The van der Waals surface area contributed by atoms with Crippen LogP contribution in [0.25, 0.3) is 6.08 Å². The predicted molar refractivity (Wildman–Crippen MR) is 51.9 cm³/mol. The molecule has 0 saturated heterocycles. The van der Waals surface area contributed by atoms with Gasteiger partial charge in [-0.3, -0.25) is 0 Å². The highest BCUT2D eigenvalue weighted by atomic mass is 19.1. The van der Waals surface area contributed by atoms with Crippen molar-refractivity contribution in [3.8, 4) is 0 Å². The van der Waals surface area contributed by atoms with Crippen molar-refractivity contribution in [3.63, 3.8) is 0 Å². The highest BCUT2D eigenvalue weighted by molar-refractivity contribution is 5.52. The molecule has 1 rings (SSSR count). The highest BCUT2D eigenvalue weighted by Gasteiger charge is 1.96. The van der Waals surface area contributed by atoms with Crippen molar-refractivity contribution in [1.29, 1.82) is 0 Å². The Kier molecular flexibility index (Phi) is 3.58. The van der Waals surface area contributed by atoms with Crippen LogP contribution in [0.4, 0.5) is 4.39 Å². The monoisotopic (exact) mass is 180 g/mol. The van der Waals surface area contributed by atoms with E-state index in [1.54, 1.807) is 0 Å². The lowest BCUT2D eigenvalue weighted by molar-refractivity contribution is 0.582. The summed E-state index contributed by atoms with van der Waals surface area (Å²) in [4.78, 5) is 3.55. The second kappa shape index (κ2) is 4.72. The third kappa shape index (κ3) is 2.95. The number of aryl methyl sites for hydroxylation is 1. The number of halogens is 1. The molecule has 70 valence electrons. The summed E-state index contributed by atoms with van der Waals surface area (Å²) in [5.74, 6) is -0.435. The molecule has 1 heterocycles.